The molecule has 2 aromatic carbocycles. The molecule has 0 radical (unpaired) electrons. The molecule has 20 heavy (non-hydrogen) atoms. The van der Waals surface area contributed by atoms with Gasteiger partial charge in [-0.3, -0.25) is 10.1 Å². The minimum atomic E-state index is -0.701. The maximum Gasteiger partial charge on any atom is 0.283 e. The normalized spacial score (nSPS) is 10.3. The summed E-state index contributed by atoms with van der Waals surface area (Å²) in [6, 6.07) is 7.26. The molecule has 4 nitrogen and oxygen atoms in total. The van der Waals surface area contributed by atoms with Crippen LogP contribution in [0.5, 0.6) is 5.75 Å². The lowest BCUT2D eigenvalue weighted by Crippen LogP contribution is -2.00. The van der Waals surface area contributed by atoms with E-state index in [0.717, 1.165) is 18.2 Å². The molecule has 0 saturated carbocycles. The highest BCUT2D eigenvalue weighted by molar-refractivity contribution is 9.10. The van der Waals surface area contributed by atoms with Crippen LogP contribution >= 0.6 is 15.9 Å². The van der Waals surface area contributed by atoms with Crippen LogP contribution in [0.3, 0.4) is 0 Å². The number of ether oxygens (including phenoxy) is 1. The molecular formula is C13H8BrF2NO3. The Morgan fingerprint density at radius 2 is 2.00 bits per heavy atom. The molecule has 2 rings (SSSR count). The molecule has 0 aliphatic carbocycles. The molecule has 0 unspecified atom stereocenters. The van der Waals surface area contributed by atoms with Gasteiger partial charge in [-0.1, -0.05) is 12.1 Å². The minimum absolute atomic E-state index is 0.120. The van der Waals surface area contributed by atoms with Crippen molar-refractivity contribution < 1.29 is 18.4 Å². The standard InChI is InChI=1S/C13H8BrF2NO3/c14-13-8(2-1-3-11(13)17(18)19)7-20-12-6-9(15)4-5-10(12)16/h1-6H,7H2. The molecule has 0 aliphatic heterocycles. The number of nitro groups is 1. The number of halogens is 3. The van der Waals surface area contributed by atoms with Crippen molar-refractivity contribution in [3.63, 3.8) is 0 Å². The lowest BCUT2D eigenvalue weighted by Gasteiger charge is -2.09. The fourth-order valence-electron chi connectivity index (χ4n) is 1.56. The van der Waals surface area contributed by atoms with Gasteiger partial charge in [0.15, 0.2) is 11.6 Å². The van der Waals surface area contributed by atoms with Crippen molar-refractivity contribution in [3.8, 4) is 5.75 Å². The zero-order valence-corrected chi connectivity index (χ0v) is 11.6. The molecule has 0 atom stereocenters. The van der Waals surface area contributed by atoms with Crippen molar-refractivity contribution in [2.45, 2.75) is 6.61 Å². The average Bonchev–Trinajstić information content (AvgIpc) is 2.41. The van der Waals surface area contributed by atoms with E-state index < -0.39 is 16.6 Å². The summed E-state index contributed by atoms with van der Waals surface area (Å²) >= 11 is 3.10. The summed E-state index contributed by atoms with van der Waals surface area (Å²) in [5.41, 5.74) is 0.341. The fourth-order valence-corrected chi connectivity index (χ4v) is 2.09. The molecular weight excluding hydrogens is 336 g/mol. The van der Waals surface area contributed by atoms with Gasteiger partial charge in [0, 0.05) is 17.7 Å². The van der Waals surface area contributed by atoms with E-state index >= 15 is 0 Å². The van der Waals surface area contributed by atoms with E-state index in [9.17, 15) is 18.9 Å². The van der Waals surface area contributed by atoms with Gasteiger partial charge in [-0.2, -0.15) is 0 Å². The Balaban J connectivity index is 2.21. The van der Waals surface area contributed by atoms with E-state index in [1.165, 1.54) is 12.1 Å². The Morgan fingerprint density at radius 3 is 2.70 bits per heavy atom. The zero-order valence-electron chi connectivity index (χ0n) is 9.98. The molecule has 0 aliphatic rings. The summed E-state index contributed by atoms with van der Waals surface area (Å²) in [7, 11) is 0. The third-order valence-electron chi connectivity index (χ3n) is 2.53. The summed E-state index contributed by atoms with van der Waals surface area (Å²) < 4.78 is 31.7. The van der Waals surface area contributed by atoms with Gasteiger partial charge in [0.05, 0.1) is 4.92 Å². The summed E-state index contributed by atoms with van der Waals surface area (Å²) in [5, 5.41) is 10.8. The molecule has 2 aromatic rings. The summed E-state index contributed by atoms with van der Waals surface area (Å²) in [6.45, 7) is -0.122. The van der Waals surface area contributed by atoms with Crippen molar-refractivity contribution in [3.05, 3.63) is 68.2 Å². The van der Waals surface area contributed by atoms with Gasteiger partial charge in [-0.05, 0) is 28.1 Å². The molecule has 0 aromatic heterocycles. The molecule has 0 N–H and O–H groups in total. The number of hydrogen-bond acceptors (Lipinski definition) is 3. The highest BCUT2D eigenvalue weighted by atomic mass is 79.9. The highest BCUT2D eigenvalue weighted by Gasteiger charge is 2.15. The Kier molecular flexibility index (Phi) is 4.29. The van der Waals surface area contributed by atoms with Crippen LogP contribution in [0.2, 0.25) is 0 Å². The van der Waals surface area contributed by atoms with Gasteiger partial charge < -0.3 is 4.74 Å². The Labute approximate surface area is 121 Å². The number of nitrogens with zero attached hydrogens (tertiary/aromatic N) is 1. The van der Waals surface area contributed by atoms with Crippen molar-refractivity contribution in [2.24, 2.45) is 0 Å². The first-order valence-electron chi connectivity index (χ1n) is 5.48. The van der Waals surface area contributed by atoms with Gasteiger partial charge in [-0.25, -0.2) is 8.78 Å². The second-order valence-corrected chi connectivity index (χ2v) is 4.66. The van der Waals surface area contributed by atoms with E-state index in [0.29, 0.717) is 5.56 Å². The fraction of sp³-hybridized carbons (Fsp3) is 0.0769. The number of nitro benzene ring substituents is 1. The molecule has 0 heterocycles. The molecule has 0 spiro atoms. The third-order valence-corrected chi connectivity index (χ3v) is 3.45. The predicted molar refractivity (Wildman–Crippen MR) is 71.5 cm³/mol. The van der Waals surface area contributed by atoms with Crippen molar-refractivity contribution in [1.29, 1.82) is 0 Å². The van der Waals surface area contributed by atoms with E-state index in [1.807, 2.05) is 0 Å². The van der Waals surface area contributed by atoms with Gasteiger partial charge in [-0.15, -0.1) is 0 Å². The van der Waals surface area contributed by atoms with Crippen LogP contribution in [-0.2, 0) is 6.61 Å². The zero-order chi connectivity index (χ0) is 14.7. The molecule has 0 bridgehead atoms. The second kappa shape index (κ2) is 5.96. The molecule has 7 heteroatoms. The SMILES string of the molecule is O=[N+]([O-])c1cccc(COc2cc(F)ccc2F)c1Br. The van der Waals surface area contributed by atoms with Crippen molar-refractivity contribution in [1.82, 2.24) is 0 Å². The summed E-state index contributed by atoms with van der Waals surface area (Å²) in [5.74, 6) is -1.57. The Hall–Kier alpha value is -2.02. The molecule has 0 fully saturated rings. The predicted octanol–water partition coefficient (Wildman–Crippen LogP) is 4.21. The van der Waals surface area contributed by atoms with Gasteiger partial charge >= 0.3 is 0 Å². The minimum Gasteiger partial charge on any atom is -0.486 e. The highest BCUT2D eigenvalue weighted by Crippen LogP contribution is 2.29. The van der Waals surface area contributed by atoms with E-state index in [1.54, 1.807) is 6.07 Å². The lowest BCUT2D eigenvalue weighted by atomic mass is 10.2. The second-order valence-electron chi connectivity index (χ2n) is 3.87. The Morgan fingerprint density at radius 1 is 1.25 bits per heavy atom. The lowest BCUT2D eigenvalue weighted by molar-refractivity contribution is -0.385. The van der Waals surface area contributed by atoms with Crippen LogP contribution in [0.25, 0.3) is 0 Å². The monoisotopic (exact) mass is 343 g/mol. The first kappa shape index (κ1) is 14.4. The summed E-state index contributed by atoms with van der Waals surface area (Å²) in [6.07, 6.45) is 0. The van der Waals surface area contributed by atoms with Crippen LogP contribution < -0.4 is 4.74 Å². The topological polar surface area (TPSA) is 52.4 Å². The first-order chi connectivity index (χ1) is 9.49. The van der Waals surface area contributed by atoms with Crippen LogP contribution in [-0.4, -0.2) is 4.92 Å². The molecule has 104 valence electrons. The molecule has 0 amide bonds. The largest absolute Gasteiger partial charge is 0.486 e. The van der Waals surface area contributed by atoms with Crippen LogP contribution in [0.4, 0.5) is 14.5 Å². The van der Waals surface area contributed by atoms with E-state index in [-0.39, 0.29) is 22.5 Å². The first-order valence-corrected chi connectivity index (χ1v) is 6.28. The number of benzene rings is 2. The maximum absolute atomic E-state index is 13.4. The maximum atomic E-state index is 13.4. The van der Waals surface area contributed by atoms with Gasteiger partial charge in [0.1, 0.15) is 16.9 Å². The quantitative estimate of drug-likeness (QED) is 0.617. The van der Waals surface area contributed by atoms with E-state index in [4.69, 9.17) is 4.74 Å². The van der Waals surface area contributed by atoms with Crippen LogP contribution in [0, 0.1) is 21.7 Å². The smallest absolute Gasteiger partial charge is 0.283 e. The average molecular weight is 344 g/mol. The molecule has 0 saturated heterocycles. The van der Waals surface area contributed by atoms with Gasteiger partial charge in [0.2, 0.25) is 0 Å². The van der Waals surface area contributed by atoms with Crippen LogP contribution in [0.1, 0.15) is 5.56 Å². The summed E-state index contributed by atoms with van der Waals surface area (Å²) in [4.78, 5) is 10.2. The number of hydrogen-bond donors (Lipinski definition) is 0. The third kappa shape index (κ3) is 3.11. The van der Waals surface area contributed by atoms with Gasteiger partial charge in [0.25, 0.3) is 5.69 Å². The van der Waals surface area contributed by atoms with E-state index in [2.05, 4.69) is 15.9 Å². The van der Waals surface area contributed by atoms with Crippen LogP contribution in [0.15, 0.2) is 40.9 Å². The number of rotatable bonds is 4. The van der Waals surface area contributed by atoms with Crippen molar-refractivity contribution in [2.75, 3.05) is 0 Å². The Bertz CT molecular complexity index is 664. The van der Waals surface area contributed by atoms with Crippen molar-refractivity contribution >= 4 is 21.6 Å².